The number of aliphatic hydroxyl groups excluding tert-OH is 2. The van der Waals surface area contributed by atoms with Crippen LogP contribution >= 0.6 is 0 Å². The van der Waals surface area contributed by atoms with Gasteiger partial charge in [0.2, 0.25) is 23.6 Å². The van der Waals surface area contributed by atoms with E-state index in [-0.39, 0.29) is 37.1 Å². The summed E-state index contributed by atoms with van der Waals surface area (Å²) in [5, 5.41) is 23.8. The first-order chi connectivity index (χ1) is 22.0. The number of carbonyl (C=O) groups is 6. The zero-order valence-corrected chi connectivity index (χ0v) is 24.6. The maximum absolute atomic E-state index is 12.9. The van der Waals surface area contributed by atoms with Crippen molar-refractivity contribution < 1.29 is 39.0 Å². The van der Waals surface area contributed by atoms with Gasteiger partial charge in [0.1, 0.15) is 12.1 Å². The van der Waals surface area contributed by atoms with E-state index >= 15 is 0 Å². The number of nitrogens with one attached hydrogen (secondary N) is 2. The second-order valence-corrected chi connectivity index (χ2v) is 9.81. The van der Waals surface area contributed by atoms with Crippen molar-refractivity contribution >= 4 is 46.8 Å². The molecule has 0 unspecified atom stereocenters. The number of aliphatic hydroxyl groups is 2. The summed E-state index contributed by atoms with van der Waals surface area (Å²) in [6, 6.07) is 8.92. The Morgan fingerprint density at radius 2 is 0.935 bits per heavy atom. The first kappa shape index (κ1) is 35.1. The number of imide groups is 2. The molecule has 0 aliphatic carbocycles. The molecule has 0 aliphatic heterocycles. The van der Waals surface area contributed by atoms with Crippen molar-refractivity contribution in [3.63, 3.8) is 0 Å². The van der Waals surface area contributed by atoms with Gasteiger partial charge in [-0.25, -0.2) is 0 Å². The second kappa shape index (κ2) is 17.2. The van der Waals surface area contributed by atoms with Gasteiger partial charge in [-0.3, -0.25) is 48.5 Å². The topological polar surface area (TPSA) is 251 Å². The number of amides is 6. The molecule has 2 atom stereocenters. The third-order valence-corrected chi connectivity index (χ3v) is 6.48. The summed E-state index contributed by atoms with van der Waals surface area (Å²) in [6.07, 6.45) is 4.94. The van der Waals surface area contributed by atoms with Crippen LogP contribution in [0.25, 0.3) is 0 Å². The van der Waals surface area contributed by atoms with Gasteiger partial charge in [-0.05, 0) is 48.5 Å². The maximum Gasteiger partial charge on any atom is 0.260 e. The van der Waals surface area contributed by atoms with Crippen molar-refractivity contribution in [2.24, 2.45) is 11.5 Å². The Morgan fingerprint density at radius 1 is 0.609 bits per heavy atom. The van der Waals surface area contributed by atoms with E-state index < -0.39 is 60.7 Å². The van der Waals surface area contributed by atoms with E-state index in [0.29, 0.717) is 11.4 Å². The van der Waals surface area contributed by atoms with Crippen molar-refractivity contribution in [3.8, 4) is 0 Å². The third-order valence-electron chi connectivity index (χ3n) is 6.48. The minimum absolute atomic E-state index is 0.153. The Hall–Kier alpha value is -5.42. The van der Waals surface area contributed by atoms with Crippen LogP contribution in [0.1, 0.15) is 33.6 Å². The first-order valence-electron chi connectivity index (χ1n) is 14.0. The minimum atomic E-state index is -1.35. The van der Waals surface area contributed by atoms with Crippen LogP contribution in [0.3, 0.4) is 0 Å². The number of benzene rings is 1. The average Bonchev–Trinajstić information content (AvgIpc) is 3.08. The van der Waals surface area contributed by atoms with Gasteiger partial charge in [0, 0.05) is 73.2 Å². The van der Waals surface area contributed by atoms with Crippen molar-refractivity contribution in [2.45, 2.75) is 24.9 Å². The molecular weight excluding hydrogens is 600 g/mol. The van der Waals surface area contributed by atoms with E-state index in [4.69, 9.17) is 11.5 Å². The summed E-state index contributed by atoms with van der Waals surface area (Å²) in [5.74, 6) is -4.14. The molecule has 0 saturated carbocycles. The number of pyridine rings is 2. The lowest BCUT2D eigenvalue weighted by Gasteiger charge is -2.23. The Bertz CT molecular complexity index is 1410. The third kappa shape index (κ3) is 9.80. The maximum atomic E-state index is 12.9. The molecule has 6 amide bonds. The monoisotopic (exact) mass is 634 g/mol. The molecule has 2 aromatic heterocycles. The lowest BCUT2D eigenvalue weighted by Crippen LogP contribution is -2.49. The zero-order chi connectivity index (χ0) is 33.6. The summed E-state index contributed by atoms with van der Waals surface area (Å²) < 4.78 is 0. The predicted molar refractivity (Wildman–Crippen MR) is 164 cm³/mol. The van der Waals surface area contributed by atoms with Gasteiger partial charge in [-0.2, -0.15) is 0 Å². The molecule has 8 N–H and O–H groups in total. The first-order valence-corrected chi connectivity index (χ1v) is 14.0. The minimum Gasteiger partial charge on any atom is -0.394 e. The van der Waals surface area contributed by atoms with Gasteiger partial charge in [0.05, 0.1) is 13.2 Å². The number of anilines is 2. The van der Waals surface area contributed by atoms with Crippen LogP contribution in [-0.2, 0) is 19.2 Å². The molecule has 0 saturated heterocycles. The quantitative estimate of drug-likeness (QED) is 0.126. The van der Waals surface area contributed by atoms with Gasteiger partial charge in [-0.15, -0.1) is 0 Å². The molecule has 0 spiro atoms. The van der Waals surface area contributed by atoms with Crippen molar-refractivity contribution in [2.75, 3.05) is 36.9 Å². The van der Waals surface area contributed by atoms with Gasteiger partial charge in [0.25, 0.3) is 11.8 Å². The zero-order valence-electron chi connectivity index (χ0n) is 24.6. The number of rotatable bonds is 14. The molecular formula is C30H34N8O8. The van der Waals surface area contributed by atoms with E-state index in [0.717, 1.165) is 9.80 Å². The number of hydrogen-bond acceptors (Lipinski definition) is 12. The Balaban J connectivity index is 1.56. The largest absolute Gasteiger partial charge is 0.394 e. The Labute approximate surface area is 263 Å². The van der Waals surface area contributed by atoms with Gasteiger partial charge in [0.15, 0.2) is 0 Å². The Morgan fingerprint density at radius 3 is 1.24 bits per heavy atom. The molecule has 0 bridgehead atoms. The number of carbonyl (C=O) groups excluding carboxylic acids is 6. The van der Waals surface area contributed by atoms with E-state index in [9.17, 15) is 39.0 Å². The summed E-state index contributed by atoms with van der Waals surface area (Å²) in [6.45, 7) is -1.99. The fraction of sp³-hybridized carbons (Fsp3) is 0.267. The standard InChI is InChI=1S/C30H34N8O8/c31-23(17-39)29(45)37(27(43)19-5-11-33-12-6-19)15-9-25(41)35-21-1-2-22(4-3-21)36-26(42)10-16-38(30(46)24(32)18-40)28(44)20-7-13-34-14-8-20/h1-8,11-14,23-24,39-40H,9-10,15-18,31-32H2,(H,35,41)(H,36,42)/t23-,24-/m0/s1. The highest BCUT2D eigenvalue weighted by molar-refractivity contribution is 6.07. The fourth-order valence-electron chi connectivity index (χ4n) is 3.99. The second-order valence-electron chi connectivity index (χ2n) is 9.81. The molecule has 0 radical (unpaired) electrons. The van der Waals surface area contributed by atoms with Crippen LogP contribution in [0.5, 0.6) is 0 Å². The number of aromatic nitrogens is 2. The number of nitrogens with two attached hydrogens (primary N) is 2. The van der Waals surface area contributed by atoms with E-state index in [1.54, 1.807) is 0 Å². The summed E-state index contributed by atoms with van der Waals surface area (Å²) >= 11 is 0. The molecule has 242 valence electrons. The van der Waals surface area contributed by atoms with E-state index in [2.05, 4.69) is 20.6 Å². The highest BCUT2D eigenvalue weighted by Crippen LogP contribution is 2.15. The molecule has 16 nitrogen and oxygen atoms in total. The van der Waals surface area contributed by atoms with Gasteiger partial charge < -0.3 is 32.3 Å². The lowest BCUT2D eigenvalue weighted by molar-refractivity contribution is -0.132. The van der Waals surface area contributed by atoms with Crippen LogP contribution in [0.4, 0.5) is 11.4 Å². The molecule has 3 aromatic rings. The van der Waals surface area contributed by atoms with Gasteiger partial charge >= 0.3 is 0 Å². The molecule has 3 rings (SSSR count). The molecule has 0 aliphatic rings. The highest BCUT2D eigenvalue weighted by Gasteiger charge is 2.29. The molecule has 2 heterocycles. The molecule has 1 aromatic carbocycles. The van der Waals surface area contributed by atoms with Crippen LogP contribution in [0.15, 0.2) is 73.3 Å². The van der Waals surface area contributed by atoms with Crippen molar-refractivity contribution in [3.05, 3.63) is 84.4 Å². The Kier molecular flexibility index (Phi) is 13.1. The lowest BCUT2D eigenvalue weighted by atomic mass is 10.2. The van der Waals surface area contributed by atoms with Gasteiger partial charge in [-0.1, -0.05) is 0 Å². The normalized spacial score (nSPS) is 11.9. The summed E-state index contributed by atoms with van der Waals surface area (Å²) in [4.78, 5) is 85.5. The molecule has 46 heavy (non-hydrogen) atoms. The van der Waals surface area contributed by atoms with E-state index in [1.807, 2.05) is 0 Å². The molecule has 0 fully saturated rings. The van der Waals surface area contributed by atoms with Crippen LogP contribution in [0, 0.1) is 0 Å². The summed E-state index contributed by atoms with van der Waals surface area (Å²) in [5.41, 5.74) is 12.3. The summed E-state index contributed by atoms with van der Waals surface area (Å²) in [7, 11) is 0. The average molecular weight is 635 g/mol. The van der Waals surface area contributed by atoms with E-state index in [1.165, 1.54) is 73.3 Å². The number of nitrogens with zero attached hydrogens (tertiary/aromatic N) is 4. The van der Waals surface area contributed by atoms with Crippen LogP contribution in [-0.4, -0.2) is 104 Å². The van der Waals surface area contributed by atoms with Crippen molar-refractivity contribution in [1.82, 2.24) is 19.8 Å². The SMILES string of the molecule is N[C@@H](CO)C(=O)N(CCC(=O)Nc1ccc(NC(=O)CCN(C(=O)c2ccncc2)C(=O)[C@@H](N)CO)cc1)C(=O)c1ccncc1. The fourth-order valence-corrected chi connectivity index (χ4v) is 3.99. The van der Waals surface area contributed by atoms with Crippen LogP contribution < -0.4 is 22.1 Å². The highest BCUT2D eigenvalue weighted by atomic mass is 16.3. The predicted octanol–water partition coefficient (Wildman–Crippen LogP) is -0.889. The van der Waals surface area contributed by atoms with Crippen molar-refractivity contribution in [1.29, 1.82) is 0 Å². The smallest absolute Gasteiger partial charge is 0.260 e. The molecule has 16 heteroatoms. The van der Waals surface area contributed by atoms with Crippen LogP contribution in [0.2, 0.25) is 0 Å². The number of hydrogen-bond donors (Lipinski definition) is 6.